The quantitative estimate of drug-likeness (QED) is 0.344. The van der Waals surface area contributed by atoms with E-state index in [9.17, 15) is 19.6 Å². The maximum absolute atomic E-state index is 11.4. The number of nitrogens with one attached hydrogen (secondary N) is 1. The molecule has 1 aromatic carbocycles. The molecule has 2 N–H and O–H groups in total. The lowest BCUT2D eigenvalue weighted by atomic mass is 10.2. The van der Waals surface area contributed by atoms with Gasteiger partial charge >= 0.3 is 12.1 Å². The number of benzene rings is 1. The Hall–Kier alpha value is -2.90. The summed E-state index contributed by atoms with van der Waals surface area (Å²) in [7, 11) is 0. The molecule has 0 aromatic heterocycles. The molecule has 0 unspecified atom stereocenters. The van der Waals surface area contributed by atoms with E-state index in [0.717, 1.165) is 5.56 Å². The largest absolute Gasteiger partial charge is 0.508 e. The Morgan fingerprint density at radius 1 is 1.23 bits per heavy atom. The second-order valence-corrected chi connectivity index (χ2v) is 4.02. The summed E-state index contributed by atoms with van der Waals surface area (Å²) < 4.78 is 9.42. The molecule has 22 heavy (non-hydrogen) atoms. The fourth-order valence-corrected chi connectivity index (χ4v) is 1.42. The molecule has 0 bridgehead atoms. The number of aliphatic hydroxyl groups is 1. The molecule has 0 aliphatic heterocycles. The van der Waals surface area contributed by atoms with Crippen molar-refractivity contribution >= 4 is 12.1 Å². The number of hydrogen-bond acceptors (Lipinski definition) is 7. The van der Waals surface area contributed by atoms with Gasteiger partial charge in [-0.15, -0.1) is 4.91 Å². The summed E-state index contributed by atoms with van der Waals surface area (Å²) in [6.45, 7) is 1.13. The van der Waals surface area contributed by atoms with Crippen LogP contribution >= 0.6 is 0 Å². The normalized spacial score (nSPS) is 11.1. The topological polar surface area (TPSA) is 114 Å². The lowest BCUT2D eigenvalue weighted by Crippen LogP contribution is -2.27. The third-order valence-electron chi connectivity index (χ3n) is 2.45. The van der Waals surface area contributed by atoms with Gasteiger partial charge in [0.15, 0.2) is 0 Å². The van der Waals surface area contributed by atoms with Crippen LogP contribution < -0.4 is 5.32 Å². The van der Waals surface area contributed by atoms with Crippen LogP contribution in [0.25, 0.3) is 0 Å². The number of carbonyl (C=O) groups is 2. The van der Waals surface area contributed by atoms with E-state index < -0.39 is 30.1 Å². The van der Waals surface area contributed by atoms with Crippen LogP contribution in [-0.4, -0.2) is 30.3 Å². The SMILES string of the molecule is CCOC(=O)/C(N=O)=C(\O)CNC(=O)OCc1ccccc1. The van der Waals surface area contributed by atoms with Crippen molar-refractivity contribution in [2.24, 2.45) is 5.18 Å². The van der Waals surface area contributed by atoms with Crippen molar-refractivity contribution in [1.29, 1.82) is 0 Å². The number of amides is 1. The van der Waals surface area contributed by atoms with E-state index in [2.05, 4.69) is 15.2 Å². The Labute approximate surface area is 126 Å². The molecule has 0 atom stereocenters. The molecule has 0 saturated heterocycles. The predicted molar refractivity (Wildman–Crippen MR) is 76.7 cm³/mol. The van der Waals surface area contributed by atoms with Gasteiger partial charge in [-0.05, 0) is 17.7 Å². The highest BCUT2D eigenvalue weighted by Gasteiger charge is 2.18. The monoisotopic (exact) mass is 308 g/mol. The van der Waals surface area contributed by atoms with Crippen molar-refractivity contribution in [3.05, 3.63) is 52.3 Å². The van der Waals surface area contributed by atoms with Crippen molar-refractivity contribution in [2.45, 2.75) is 13.5 Å². The average molecular weight is 308 g/mol. The molecule has 1 aromatic rings. The first kappa shape index (κ1) is 17.2. The first-order chi connectivity index (χ1) is 10.6. The van der Waals surface area contributed by atoms with Gasteiger partial charge in [-0.3, -0.25) is 0 Å². The molecule has 0 aliphatic rings. The van der Waals surface area contributed by atoms with E-state index in [0.29, 0.717) is 0 Å². The number of rotatable bonds is 7. The lowest BCUT2D eigenvalue weighted by molar-refractivity contribution is -0.138. The number of ether oxygens (including phenoxy) is 2. The molecule has 0 fully saturated rings. The Bertz CT molecular complexity index is 556. The molecule has 8 nitrogen and oxygen atoms in total. The number of esters is 1. The average Bonchev–Trinajstić information content (AvgIpc) is 2.53. The van der Waals surface area contributed by atoms with Gasteiger partial charge in [0.1, 0.15) is 12.4 Å². The van der Waals surface area contributed by atoms with E-state index in [1.54, 1.807) is 24.3 Å². The van der Waals surface area contributed by atoms with Crippen molar-refractivity contribution in [1.82, 2.24) is 5.32 Å². The van der Waals surface area contributed by atoms with E-state index in [1.807, 2.05) is 6.07 Å². The van der Waals surface area contributed by atoms with Crippen molar-refractivity contribution in [3.63, 3.8) is 0 Å². The van der Waals surface area contributed by atoms with E-state index in [1.165, 1.54) is 6.92 Å². The summed E-state index contributed by atoms with van der Waals surface area (Å²) in [4.78, 5) is 33.2. The van der Waals surface area contributed by atoms with Crippen LogP contribution in [0, 0.1) is 4.91 Å². The Morgan fingerprint density at radius 3 is 2.50 bits per heavy atom. The third-order valence-corrected chi connectivity index (χ3v) is 2.45. The highest BCUT2D eigenvalue weighted by molar-refractivity contribution is 5.88. The number of aliphatic hydroxyl groups excluding tert-OH is 1. The molecule has 8 heteroatoms. The maximum Gasteiger partial charge on any atom is 0.407 e. The Kier molecular flexibility index (Phi) is 7.10. The summed E-state index contributed by atoms with van der Waals surface area (Å²) in [6.07, 6.45) is -0.815. The summed E-state index contributed by atoms with van der Waals surface area (Å²) >= 11 is 0. The van der Waals surface area contributed by atoms with E-state index >= 15 is 0 Å². The van der Waals surface area contributed by atoms with Crippen molar-refractivity contribution in [3.8, 4) is 0 Å². The molecule has 1 amide bonds. The summed E-state index contributed by atoms with van der Waals surface area (Å²) in [5.74, 6) is -1.76. The molecule has 0 radical (unpaired) electrons. The van der Waals surface area contributed by atoms with Gasteiger partial charge in [0.05, 0.1) is 13.2 Å². The number of carbonyl (C=O) groups excluding carboxylic acids is 2. The van der Waals surface area contributed by atoms with Gasteiger partial charge in [-0.25, -0.2) is 9.59 Å². The number of alkyl carbamates (subject to hydrolysis) is 1. The number of hydrogen-bond donors (Lipinski definition) is 2. The molecule has 0 heterocycles. The molecular formula is C14H16N2O6. The van der Waals surface area contributed by atoms with Crippen molar-refractivity contribution in [2.75, 3.05) is 13.2 Å². The van der Waals surface area contributed by atoms with Crippen LogP contribution in [-0.2, 0) is 20.9 Å². The van der Waals surface area contributed by atoms with Crippen LogP contribution in [0.4, 0.5) is 4.79 Å². The zero-order valence-corrected chi connectivity index (χ0v) is 11.9. The number of nitroso groups, excluding NO2 is 1. The molecule has 0 saturated carbocycles. The first-order valence-electron chi connectivity index (χ1n) is 6.45. The van der Waals surface area contributed by atoms with Gasteiger partial charge in [-0.1, -0.05) is 30.3 Å². The summed E-state index contributed by atoms with van der Waals surface area (Å²) in [6, 6.07) is 8.98. The van der Waals surface area contributed by atoms with E-state index in [-0.39, 0.29) is 13.2 Å². The summed E-state index contributed by atoms with van der Waals surface area (Å²) in [5, 5.41) is 14.1. The van der Waals surface area contributed by atoms with Gasteiger partial charge in [-0.2, -0.15) is 0 Å². The van der Waals surface area contributed by atoms with Gasteiger partial charge < -0.3 is 19.9 Å². The number of nitrogens with zero attached hydrogens (tertiary/aromatic N) is 1. The lowest BCUT2D eigenvalue weighted by Gasteiger charge is -2.07. The van der Waals surface area contributed by atoms with Crippen LogP contribution in [0.5, 0.6) is 0 Å². The fourth-order valence-electron chi connectivity index (χ4n) is 1.42. The maximum atomic E-state index is 11.4. The van der Waals surface area contributed by atoms with Crippen LogP contribution in [0.15, 0.2) is 47.0 Å². The van der Waals surface area contributed by atoms with Gasteiger partial charge in [0.2, 0.25) is 5.70 Å². The van der Waals surface area contributed by atoms with Crippen LogP contribution in [0.2, 0.25) is 0 Å². The zero-order chi connectivity index (χ0) is 16.4. The Morgan fingerprint density at radius 2 is 1.91 bits per heavy atom. The predicted octanol–water partition coefficient (Wildman–Crippen LogP) is 2.01. The molecular weight excluding hydrogens is 292 g/mol. The highest BCUT2D eigenvalue weighted by atomic mass is 16.5. The van der Waals surface area contributed by atoms with Crippen LogP contribution in [0.3, 0.4) is 0 Å². The minimum Gasteiger partial charge on any atom is -0.508 e. The van der Waals surface area contributed by atoms with E-state index in [4.69, 9.17) is 4.74 Å². The van der Waals surface area contributed by atoms with Crippen LogP contribution in [0.1, 0.15) is 12.5 Å². The third kappa shape index (κ3) is 5.61. The van der Waals surface area contributed by atoms with Gasteiger partial charge in [0, 0.05) is 0 Å². The fraction of sp³-hybridized carbons (Fsp3) is 0.286. The minimum atomic E-state index is -1.06. The second kappa shape index (κ2) is 9.11. The second-order valence-electron chi connectivity index (χ2n) is 4.02. The molecule has 1 rings (SSSR count). The first-order valence-corrected chi connectivity index (χ1v) is 6.45. The zero-order valence-electron chi connectivity index (χ0n) is 11.9. The molecule has 118 valence electrons. The standard InChI is InChI=1S/C14H16N2O6/c1-2-21-13(18)12(16-20)11(17)8-15-14(19)22-9-10-6-4-3-5-7-10/h3-7,17H,2,8-9H2,1H3,(H,15,19)/b12-11+. The molecule has 0 spiro atoms. The highest BCUT2D eigenvalue weighted by Crippen LogP contribution is 2.06. The minimum absolute atomic E-state index is 0.0255. The summed E-state index contributed by atoms with van der Waals surface area (Å²) in [5.41, 5.74) is 0.00407. The Balaban J connectivity index is 2.48. The van der Waals surface area contributed by atoms with Gasteiger partial charge in [0.25, 0.3) is 0 Å². The molecule has 0 aliphatic carbocycles. The smallest absolute Gasteiger partial charge is 0.407 e. The van der Waals surface area contributed by atoms with Crippen molar-refractivity contribution < 1.29 is 24.2 Å².